The quantitative estimate of drug-likeness (QED) is 0.771. The van der Waals surface area contributed by atoms with Crippen LogP contribution < -0.4 is 5.32 Å². The average Bonchev–Trinajstić information content (AvgIpc) is 2.83. The Morgan fingerprint density at radius 1 is 1.13 bits per heavy atom. The summed E-state index contributed by atoms with van der Waals surface area (Å²) in [7, 11) is 0. The van der Waals surface area contributed by atoms with Gasteiger partial charge >= 0.3 is 0 Å². The molecular weight excluding hydrogens is 182 g/mol. The van der Waals surface area contributed by atoms with E-state index in [1.807, 2.05) is 0 Å². The lowest BCUT2D eigenvalue weighted by Crippen LogP contribution is -2.26. The molecule has 0 amide bonds. The average molecular weight is 201 g/mol. The van der Waals surface area contributed by atoms with Crippen molar-refractivity contribution in [3.05, 3.63) is 29.8 Å². The number of hydrogen-bond donors (Lipinski definition) is 1. The molecule has 2 saturated carbocycles. The van der Waals surface area contributed by atoms with Crippen molar-refractivity contribution in [3.63, 3.8) is 0 Å². The highest BCUT2D eigenvalue weighted by molar-refractivity contribution is 5.51. The van der Waals surface area contributed by atoms with E-state index in [-0.39, 0.29) is 0 Å². The van der Waals surface area contributed by atoms with Crippen LogP contribution >= 0.6 is 0 Å². The van der Waals surface area contributed by atoms with Crippen LogP contribution in [-0.2, 0) is 0 Å². The van der Waals surface area contributed by atoms with Gasteiger partial charge in [-0.05, 0) is 49.7 Å². The SMILES string of the molecule is Cc1ccccc1NC1CC2CCC1C2. The van der Waals surface area contributed by atoms with E-state index in [2.05, 4.69) is 36.5 Å². The van der Waals surface area contributed by atoms with E-state index < -0.39 is 0 Å². The summed E-state index contributed by atoms with van der Waals surface area (Å²) in [5.74, 6) is 1.98. The van der Waals surface area contributed by atoms with Gasteiger partial charge in [-0.15, -0.1) is 0 Å². The van der Waals surface area contributed by atoms with E-state index in [0.717, 1.165) is 17.9 Å². The monoisotopic (exact) mass is 201 g/mol. The Morgan fingerprint density at radius 2 is 2.00 bits per heavy atom. The molecule has 1 heteroatoms. The number of rotatable bonds is 2. The van der Waals surface area contributed by atoms with Crippen LogP contribution in [0.4, 0.5) is 5.69 Å². The first-order chi connectivity index (χ1) is 7.33. The third-order valence-corrected chi connectivity index (χ3v) is 4.22. The summed E-state index contributed by atoms with van der Waals surface area (Å²) in [5, 5.41) is 3.74. The van der Waals surface area contributed by atoms with Crippen LogP contribution in [0.15, 0.2) is 24.3 Å². The molecule has 1 nitrogen and oxygen atoms in total. The predicted octanol–water partition coefficient (Wildman–Crippen LogP) is 3.60. The summed E-state index contributed by atoms with van der Waals surface area (Å²) in [6.07, 6.45) is 5.81. The van der Waals surface area contributed by atoms with Crippen LogP contribution in [0.25, 0.3) is 0 Å². The summed E-state index contributed by atoms with van der Waals surface area (Å²) in [6, 6.07) is 9.39. The highest BCUT2D eigenvalue weighted by Crippen LogP contribution is 2.45. The molecule has 2 bridgehead atoms. The van der Waals surface area contributed by atoms with Gasteiger partial charge in [0.25, 0.3) is 0 Å². The van der Waals surface area contributed by atoms with Gasteiger partial charge in [-0.1, -0.05) is 24.6 Å². The molecule has 3 unspecified atom stereocenters. The van der Waals surface area contributed by atoms with Crippen molar-refractivity contribution in [3.8, 4) is 0 Å². The third-order valence-electron chi connectivity index (χ3n) is 4.22. The third kappa shape index (κ3) is 1.64. The molecule has 0 radical (unpaired) electrons. The largest absolute Gasteiger partial charge is 0.382 e. The molecule has 1 N–H and O–H groups in total. The molecular formula is C14H19N. The predicted molar refractivity (Wildman–Crippen MR) is 64.0 cm³/mol. The van der Waals surface area contributed by atoms with E-state index in [1.54, 1.807) is 0 Å². The van der Waals surface area contributed by atoms with Gasteiger partial charge in [-0.3, -0.25) is 0 Å². The Labute approximate surface area is 91.9 Å². The van der Waals surface area contributed by atoms with Crippen molar-refractivity contribution in [1.29, 1.82) is 0 Å². The van der Waals surface area contributed by atoms with Crippen molar-refractivity contribution in [2.24, 2.45) is 11.8 Å². The van der Waals surface area contributed by atoms with Gasteiger partial charge in [0.1, 0.15) is 0 Å². The fraction of sp³-hybridized carbons (Fsp3) is 0.571. The number of nitrogens with one attached hydrogen (secondary N) is 1. The van der Waals surface area contributed by atoms with Crippen molar-refractivity contribution in [2.75, 3.05) is 5.32 Å². The summed E-state index contributed by atoms with van der Waals surface area (Å²) < 4.78 is 0. The lowest BCUT2D eigenvalue weighted by Gasteiger charge is -2.24. The molecule has 3 rings (SSSR count). The Morgan fingerprint density at radius 3 is 2.67 bits per heavy atom. The van der Waals surface area contributed by atoms with Crippen molar-refractivity contribution in [1.82, 2.24) is 0 Å². The second kappa shape index (κ2) is 3.55. The topological polar surface area (TPSA) is 12.0 Å². The van der Waals surface area contributed by atoms with Crippen LogP contribution in [0.3, 0.4) is 0 Å². The van der Waals surface area contributed by atoms with E-state index >= 15 is 0 Å². The first kappa shape index (κ1) is 9.26. The maximum atomic E-state index is 3.74. The number of fused-ring (bicyclic) bond motifs is 2. The number of anilines is 1. The maximum Gasteiger partial charge on any atom is 0.0372 e. The van der Waals surface area contributed by atoms with Gasteiger partial charge in [0, 0.05) is 11.7 Å². The first-order valence-electron chi connectivity index (χ1n) is 6.15. The molecule has 0 aromatic heterocycles. The molecule has 0 heterocycles. The van der Waals surface area contributed by atoms with Crippen LogP contribution in [0, 0.1) is 18.8 Å². The standard InChI is InChI=1S/C14H19N/c1-10-4-2-3-5-13(10)15-14-9-11-6-7-12(14)8-11/h2-5,11-12,14-15H,6-9H2,1H3. The highest BCUT2D eigenvalue weighted by atomic mass is 14.9. The number of hydrogen-bond acceptors (Lipinski definition) is 1. The molecule has 0 aliphatic heterocycles. The molecule has 80 valence electrons. The van der Waals surface area contributed by atoms with Gasteiger partial charge < -0.3 is 5.32 Å². The minimum absolute atomic E-state index is 0.754. The molecule has 0 saturated heterocycles. The Balaban J connectivity index is 1.73. The zero-order valence-corrected chi connectivity index (χ0v) is 9.37. The summed E-state index contributed by atoms with van der Waals surface area (Å²) in [5.41, 5.74) is 2.72. The first-order valence-corrected chi connectivity index (χ1v) is 6.15. The molecule has 15 heavy (non-hydrogen) atoms. The second-order valence-corrected chi connectivity index (χ2v) is 5.24. The molecule has 1 aromatic rings. The number of benzene rings is 1. The molecule has 2 aliphatic rings. The van der Waals surface area contributed by atoms with E-state index in [4.69, 9.17) is 0 Å². The maximum absolute atomic E-state index is 3.74. The highest BCUT2D eigenvalue weighted by Gasteiger charge is 2.39. The van der Waals surface area contributed by atoms with Crippen LogP contribution in [0.2, 0.25) is 0 Å². The lowest BCUT2D eigenvalue weighted by atomic mass is 9.95. The molecule has 2 aliphatic carbocycles. The number of para-hydroxylation sites is 1. The van der Waals surface area contributed by atoms with Crippen molar-refractivity contribution >= 4 is 5.69 Å². The Kier molecular flexibility index (Phi) is 2.19. The number of aryl methyl sites for hydroxylation is 1. The Bertz CT molecular complexity index is 358. The van der Waals surface area contributed by atoms with Gasteiger partial charge in [-0.25, -0.2) is 0 Å². The van der Waals surface area contributed by atoms with Crippen LogP contribution in [0.1, 0.15) is 31.2 Å². The fourth-order valence-electron chi connectivity index (χ4n) is 3.36. The minimum atomic E-state index is 0.754. The molecule has 1 aromatic carbocycles. The molecule has 0 spiro atoms. The fourth-order valence-corrected chi connectivity index (χ4v) is 3.36. The van der Waals surface area contributed by atoms with Gasteiger partial charge in [0.05, 0.1) is 0 Å². The zero-order chi connectivity index (χ0) is 10.3. The summed E-state index contributed by atoms with van der Waals surface area (Å²) in [6.45, 7) is 2.19. The van der Waals surface area contributed by atoms with Crippen molar-refractivity contribution in [2.45, 2.75) is 38.6 Å². The summed E-state index contributed by atoms with van der Waals surface area (Å²) >= 11 is 0. The molecule has 3 atom stereocenters. The molecule has 2 fully saturated rings. The second-order valence-electron chi connectivity index (χ2n) is 5.24. The van der Waals surface area contributed by atoms with Gasteiger partial charge in [0.15, 0.2) is 0 Å². The van der Waals surface area contributed by atoms with Gasteiger partial charge in [0.2, 0.25) is 0 Å². The Hall–Kier alpha value is -0.980. The van der Waals surface area contributed by atoms with Gasteiger partial charge in [-0.2, -0.15) is 0 Å². The minimum Gasteiger partial charge on any atom is -0.382 e. The van der Waals surface area contributed by atoms with Crippen LogP contribution in [0.5, 0.6) is 0 Å². The summed E-state index contributed by atoms with van der Waals surface area (Å²) in [4.78, 5) is 0. The van der Waals surface area contributed by atoms with E-state index in [9.17, 15) is 0 Å². The zero-order valence-electron chi connectivity index (χ0n) is 9.37. The smallest absolute Gasteiger partial charge is 0.0372 e. The normalized spacial score (nSPS) is 33.3. The lowest BCUT2D eigenvalue weighted by molar-refractivity contribution is 0.439. The van der Waals surface area contributed by atoms with Crippen LogP contribution in [-0.4, -0.2) is 6.04 Å². The van der Waals surface area contributed by atoms with E-state index in [0.29, 0.717) is 0 Å². The van der Waals surface area contributed by atoms with Crippen molar-refractivity contribution < 1.29 is 0 Å². The van der Waals surface area contributed by atoms with E-state index in [1.165, 1.54) is 36.9 Å².